The molecule has 16 heteroatoms. The molecule has 41 heavy (non-hydrogen) atoms. The van der Waals surface area contributed by atoms with Crippen molar-refractivity contribution in [1.82, 2.24) is 35.3 Å². The zero-order chi connectivity index (χ0) is 29.7. The van der Waals surface area contributed by atoms with Gasteiger partial charge in [-0.05, 0) is 48.0 Å². The predicted octanol–water partition coefficient (Wildman–Crippen LogP) is 3.39. The summed E-state index contributed by atoms with van der Waals surface area (Å²) in [7, 11) is 1.48. The highest BCUT2D eigenvalue weighted by molar-refractivity contribution is 6.32. The molecule has 4 rings (SSSR count). The normalized spacial score (nSPS) is 11.2. The fraction of sp³-hybridized carbons (Fsp3) is 0.240. The quantitative estimate of drug-likeness (QED) is 0.283. The van der Waals surface area contributed by atoms with Gasteiger partial charge in [-0.1, -0.05) is 23.7 Å². The second-order valence-corrected chi connectivity index (χ2v) is 8.96. The lowest BCUT2D eigenvalue weighted by Crippen LogP contribution is -2.29. The molecule has 0 unspecified atom stereocenters. The van der Waals surface area contributed by atoms with Gasteiger partial charge in [0, 0.05) is 13.7 Å². The van der Waals surface area contributed by atoms with Gasteiger partial charge in [-0.2, -0.15) is 28.3 Å². The minimum atomic E-state index is -4.78. The zero-order valence-electron chi connectivity index (χ0n) is 21.5. The third-order valence-electron chi connectivity index (χ3n) is 5.62. The molecule has 0 radical (unpaired) electrons. The second-order valence-electron chi connectivity index (χ2n) is 8.56. The predicted molar refractivity (Wildman–Crippen MR) is 139 cm³/mol. The standard InChI is InChI=1S/C25H21ClF3N9O3/c1-14-9-15(12-30)10-17(22(39)31-7-8-41-2)21(14)32-23(40)20-11-16(13-37-35-24(33-36-37)25(27,28)29)34-38(20)19-6-4-3-5-18(19)26/h3-6,9-11H,7-8,13H2,1-2H3,(H,31,39)(H,32,40). The van der Waals surface area contributed by atoms with E-state index >= 15 is 0 Å². The van der Waals surface area contributed by atoms with E-state index in [1.54, 1.807) is 31.2 Å². The van der Waals surface area contributed by atoms with Gasteiger partial charge in [0.2, 0.25) is 0 Å². The summed E-state index contributed by atoms with van der Waals surface area (Å²) in [4.78, 5) is 27.2. The fourth-order valence-electron chi connectivity index (χ4n) is 3.78. The van der Waals surface area contributed by atoms with E-state index in [9.17, 15) is 28.0 Å². The van der Waals surface area contributed by atoms with Crippen molar-refractivity contribution >= 4 is 29.1 Å². The zero-order valence-corrected chi connectivity index (χ0v) is 22.3. The third kappa shape index (κ3) is 6.68. The molecule has 2 aromatic carbocycles. The highest BCUT2D eigenvalue weighted by atomic mass is 35.5. The molecule has 2 N–H and O–H groups in total. The number of tetrazole rings is 1. The Kier molecular flexibility index (Phi) is 8.65. The van der Waals surface area contributed by atoms with Crippen LogP contribution in [0.4, 0.5) is 18.9 Å². The van der Waals surface area contributed by atoms with Gasteiger partial charge in [-0.15, -0.1) is 10.2 Å². The SMILES string of the molecule is COCCNC(=O)c1cc(C#N)cc(C)c1NC(=O)c1cc(Cn2nnc(C(F)(F)F)n2)nn1-c1ccccc1Cl. The van der Waals surface area contributed by atoms with Crippen molar-refractivity contribution in [2.24, 2.45) is 0 Å². The highest BCUT2D eigenvalue weighted by Gasteiger charge is 2.37. The molecular weight excluding hydrogens is 567 g/mol. The number of anilines is 1. The van der Waals surface area contributed by atoms with E-state index in [1.807, 2.05) is 6.07 Å². The first-order chi connectivity index (χ1) is 19.5. The first-order valence-corrected chi connectivity index (χ1v) is 12.2. The van der Waals surface area contributed by atoms with Crippen LogP contribution in [-0.2, 0) is 17.5 Å². The summed E-state index contributed by atoms with van der Waals surface area (Å²) in [6.07, 6.45) is -4.78. The van der Waals surface area contributed by atoms with Gasteiger partial charge < -0.3 is 15.4 Å². The number of nitrogens with zero attached hydrogens (tertiary/aromatic N) is 7. The van der Waals surface area contributed by atoms with Crippen LogP contribution in [0.5, 0.6) is 0 Å². The third-order valence-corrected chi connectivity index (χ3v) is 5.94. The monoisotopic (exact) mass is 587 g/mol. The summed E-state index contributed by atoms with van der Waals surface area (Å²) in [5.74, 6) is -2.69. The highest BCUT2D eigenvalue weighted by Crippen LogP contribution is 2.27. The van der Waals surface area contributed by atoms with Crippen LogP contribution in [0.3, 0.4) is 0 Å². The molecule has 0 bridgehead atoms. The average molecular weight is 588 g/mol. The Morgan fingerprint density at radius 2 is 1.90 bits per heavy atom. The summed E-state index contributed by atoms with van der Waals surface area (Å²) in [5, 5.41) is 29.1. The second kappa shape index (κ2) is 12.1. The van der Waals surface area contributed by atoms with Gasteiger partial charge in [-0.25, -0.2) is 4.68 Å². The summed E-state index contributed by atoms with van der Waals surface area (Å²) in [6, 6.07) is 12.6. The number of alkyl halides is 3. The first-order valence-electron chi connectivity index (χ1n) is 11.8. The van der Waals surface area contributed by atoms with E-state index in [2.05, 4.69) is 31.1 Å². The number of benzene rings is 2. The average Bonchev–Trinajstić information content (AvgIpc) is 3.57. The number of para-hydroxylation sites is 1. The minimum Gasteiger partial charge on any atom is -0.383 e. The fourth-order valence-corrected chi connectivity index (χ4v) is 4.00. The number of rotatable bonds is 9. The van der Waals surface area contributed by atoms with Gasteiger partial charge in [0.15, 0.2) is 0 Å². The number of methoxy groups -OCH3 is 1. The molecular formula is C25H21ClF3N9O3. The number of halogens is 4. The number of nitriles is 1. The van der Waals surface area contributed by atoms with E-state index in [0.717, 1.165) is 0 Å². The minimum absolute atomic E-state index is 0.0431. The van der Waals surface area contributed by atoms with Gasteiger partial charge >= 0.3 is 6.18 Å². The van der Waals surface area contributed by atoms with Crippen LogP contribution in [0.15, 0.2) is 42.5 Å². The van der Waals surface area contributed by atoms with E-state index in [-0.39, 0.29) is 52.9 Å². The maximum absolute atomic E-state index is 13.6. The summed E-state index contributed by atoms with van der Waals surface area (Å²) in [5.41, 5.74) is 1.20. The Morgan fingerprint density at radius 1 is 1.15 bits per heavy atom. The van der Waals surface area contributed by atoms with Crippen molar-refractivity contribution < 1.29 is 27.5 Å². The Labute approximate surface area is 235 Å². The lowest BCUT2D eigenvalue weighted by atomic mass is 10.0. The van der Waals surface area contributed by atoms with Gasteiger partial charge in [-0.3, -0.25) is 9.59 Å². The molecule has 0 aliphatic rings. The molecule has 0 saturated heterocycles. The van der Waals surface area contributed by atoms with Crippen LogP contribution >= 0.6 is 11.6 Å². The van der Waals surface area contributed by atoms with Gasteiger partial charge in [0.05, 0.1) is 45.9 Å². The van der Waals surface area contributed by atoms with E-state index in [1.165, 1.54) is 30.0 Å². The number of amides is 2. The summed E-state index contributed by atoms with van der Waals surface area (Å²) < 4.78 is 44.9. The Balaban J connectivity index is 1.73. The van der Waals surface area contributed by atoms with Crippen LogP contribution in [0.1, 0.15) is 43.5 Å². The molecule has 2 aromatic heterocycles. The molecule has 0 aliphatic carbocycles. The maximum Gasteiger partial charge on any atom is 0.455 e. The topological polar surface area (TPSA) is 153 Å². The van der Waals surface area contributed by atoms with Gasteiger partial charge in [0.25, 0.3) is 17.6 Å². The van der Waals surface area contributed by atoms with E-state index in [4.69, 9.17) is 16.3 Å². The molecule has 0 spiro atoms. The number of ether oxygens (including phenoxy) is 1. The van der Waals surface area contributed by atoms with E-state index < -0.39 is 23.8 Å². The number of nitrogens with one attached hydrogen (secondary N) is 2. The number of hydrogen-bond acceptors (Lipinski definition) is 8. The van der Waals surface area contributed by atoms with Crippen LogP contribution in [-0.4, -0.2) is 62.1 Å². The van der Waals surface area contributed by atoms with Crippen LogP contribution in [0, 0.1) is 18.3 Å². The lowest BCUT2D eigenvalue weighted by molar-refractivity contribution is -0.145. The number of carbonyl (C=O) groups excluding carboxylic acids is 2. The van der Waals surface area contributed by atoms with Crippen LogP contribution in [0.25, 0.3) is 5.69 Å². The van der Waals surface area contributed by atoms with Crippen LogP contribution < -0.4 is 10.6 Å². The number of hydrogen-bond donors (Lipinski definition) is 2. The lowest BCUT2D eigenvalue weighted by Gasteiger charge is -2.15. The van der Waals surface area contributed by atoms with Crippen molar-refractivity contribution in [3.63, 3.8) is 0 Å². The molecule has 4 aromatic rings. The smallest absolute Gasteiger partial charge is 0.383 e. The van der Waals surface area contributed by atoms with Crippen molar-refractivity contribution in [2.45, 2.75) is 19.6 Å². The Morgan fingerprint density at radius 3 is 2.56 bits per heavy atom. The van der Waals surface area contributed by atoms with Gasteiger partial charge in [0.1, 0.15) is 12.2 Å². The number of carbonyl (C=O) groups is 2. The van der Waals surface area contributed by atoms with Crippen molar-refractivity contribution in [3.05, 3.63) is 81.4 Å². The number of aryl methyl sites for hydroxylation is 1. The molecule has 0 saturated carbocycles. The molecule has 0 atom stereocenters. The maximum atomic E-state index is 13.6. The van der Waals surface area contributed by atoms with Crippen molar-refractivity contribution in [3.8, 4) is 11.8 Å². The first kappa shape index (κ1) is 29.2. The van der Waals surface area contributed by atoms with Crippen molar-refractivity contribution in [1.29, 1.82) is 5.26 Å². The van der Waals surface area contributed by atoms with Crippen LogP contribution in [0.2, 0.25) is 5.02 Å². The number of aromatic nitrogens is 6. The molecule has 12 nitrogen and oxygen atoms in total. The molecule has 2 heterocycles. The summed E-state index contributed by atoms with van der Waals surface area (Å²) >= 11 is 6.35. The summed E-state index contributed by atoms with van der Waals surface area (Å²) in [6.45, 7) is 1.71. The van der Waals surface area contributed by atoms with Crippen molar-refractivity contribution in [2.75, 3.05) is 25.6 Å². The molecule has 0 aliphatic heterocycles. The van der Waals surface area contributed by atoms with E-state index in [0.29, 0.717) is 16.0 Å². The Hall–Kier alpha value is -4.81. The molecule has 2 amide bonds. The Bertz CT molecular complexity index is 1640. The molecule has 212 valence electrons. The molecule has 0 fully saturated rings. The largest absolute Gasteiger partial charge is 0.455 e.